The molecule has 1 aliphatic rings. The summed E-state index contributed by atoms with van der Waals surface area (Å²) < 4.78 is 5.11. The predicted octanol–water partition coefficient (Wildman–Crippen LogP) is 1.14. The van der Waals surface area contributed by atoms with E-state index in [9.17, 15) is 9.59 Å². The Kier molecular flexibility index (Phi) is 5.08. The summed E-state index contributed by atoms with van der Waals surface area (Å²) in [5.41, 5.74) is 1.25. The van der Waals surface area contributed by atoms with Crippen LogP contribution in [0.5, 0.6) is 5.75 Å². The lowest BCUT2D eigenvalue weighted by molar-refractivity contribution is -0.119. The van der Waals surface area contributed by atoms with E-state index < -0.39 is 0 Å². The summed E-state index contributed by atoms with van der Waals surface area (Å²) in [6.07, 6.45) is 3.82. The minimum atomic E-state index is -0.124. The summed E-state index contributed by atoms with van der Waals surface area (Å²) in [5.74, 6) is 1.05. The van der Waals surface area contributed by atoms with Crippen molar-refractivity contribution in [1.82, 2.24) is 19.8 Å². The van der Waals surface area contributed by atoms with E-state index in [0.717, 1.165) is 17.8 Å². The maximum atomic E-state index is 12.4. The van der Waals surface area contributed by atoms with Crippen LogP contribution in [-0.4, -0.2) is 65.4 Å². The number of piperazine rings is 1. The average Bonchev–Trinajstić information content (AvgIpc) is 2.69. The molecule has 2 amide bonds. The molecule has 2 aromatic rings. The van der Waals surface area contributed by atoms with Crippen LogP contribution in [0, 0.1) is 0 Å². The van der Waals surface area contributed by atoms with Gasteiger partial charge in [-0.15, -0.1) is 0 Å². The predicted molar refractivity (Wildman–Crippen MR) is 91.8 cm³/mol. The lowest BCUT2D eigenvalue weighted by atomic mass is 10.2. The highest BCUT2D eigenvalue weighted by molar-refractivity contribution is 5.93. The average molecular weight is 341 g/mol. The minimum Gasteiger partial charge on any atom is -0.497 e. The Hall–Kier alpha value is -3.16. The molecule has 0 unspecified atom stereocenters. The van der Waals surface area contributed by atoms with Crippen LogP contribution in [0.2, 0.25) is 0 Å². The quantitative estimate of drug-likeness (QED) is 0.821. The number of aromatic nitrogens is 2. The number of carbonyl (C=O) groups excluding carboxylic acids is 2. The van der Waals surface area contributed by atoms with Gasteiger partial charge in [0.25, 0.3) is 5.91 Å². The molecule has 1 aliphatic heterocycles. The third-order valence-corrected chi connectivity index (χ3v) is 4.00. The van der Waals surface area contributed by atoms with Gasteiger partial charge in [0.1, 0.15) is 5.75 Å². The molecule has 0 saturated carbocycles. The second kappa shape index (κ2) is 7.61. The smallest absolute Gasteiger partial charge is 0.257 e. The van der Waals surface area contributed by atoms with Crippen molar-refractivity contribution in [3.63, 3.8) is 0 Å². The van der Waals surface area contributed by atoms with Crippen LogP contribution in [0.25, 0.3) is 0 Å². The van der Waals surface area contributed by atoms with Crippen molar-refractivity contribution in [3.05, 3.63) is 42.2 Å². The zero-order chi connectivity index (χ0) is 17.6. The third kappa shape index (κ3) is 4.03. The number of nitrogens with zero attached hydrogens (tertiary/aromatic N) is 4. The SMILES string of the molecule is COc1ccc(Nc2ncc(C(=O)N3CCN(C=O)CC3)cn2)cc1. The first-order chi connectivity index (χ1) is 12.2. The number of ether oxygens (including phenoxy) is 1. The number of amides is 2. The Labute approximate surface area is 145 Å². The number of carbonyl (C=O) groups is 2. The number of hydrogen-bond donors (Lipinski definition) is 1. The molecule has 1 saturated heterocycles. The van der Waals surface area contributed by atoms with E-state index >= 15 is 0 Å². The van der Waals surface area contributed by atoms with Crippen LogP contribution in [0.15, 0.2) is 36.7 Å². The fourth-order valence-corrected chi connectivity index (χ4v) is 2.52. The Morgan fingerprint density at radius 3 is 2.32 bits per heavy atom. The molecule has 2 heterocycles. The maximum Gasteiger partial charge on any atom is 0.257 e. The van der Waals surface area contributed by atoms with Crippen LogP contribution in [-0.2, 0) is 4.79 Å². The van der Waals surface area contributed by atoms with E-state index in [1.165, 1.54) is 12.4 Å². The monoisotopic (exact) mass is 341 g/mol. The summed E-state index contributed by atoms with van der Waals surface area (Å²) in [7, 11) is 1.61. The van der Waals surface area contributed by atoms with Crippen molar-refractivity contribution >= 4 is 24.0 Å². The van der Waals surface area contributed by atoms with Crippen LogP contribution < -0.4 is 10.1 Å². The van der Waals surface area contributed by atoms with Gasteiger partial charge in [0.15, 0.2) is 0 Å². The number of benzene rings is 1. The van der Waals surface area contributed by atoms with Crippen molar-refractivity contribution in [3.8, 4) is 5.75 Å². The van der Waals surface area contributed by atoms with Gasteiger partial charge < -0.3 is 19.9 Å². The highest BCUT2D eigenvalue weighted by atomic mass is 16.5. The third-order valence-electron chi connectivity index (χ3n) is 4.00. The molecule has 1 aromatic heterocycles. The van der Waals surface area contributed by atoms with Gasteiger partial charge in [0.05, 0.1) is 12.7 Å². The second-order valence-corrected chi connectivity index (χ2v) is 5.58. The molecule has 8 heteroatoms. The Morgan fingerprint density at radius 2 is 1.76 bits per heavy atom. The van der Waals surface area contributed by atoms with Gasteiger partial charge in [-0.25, -0.2) is 9.97 Å². The maximum absolute atomic E-state index is 12.4. The molecule has 1 fully saturated rings. The van der Waals surface area contributed by atoms with Gasteiger partial charge in [-0.1, -0.05) is 0 Å². The standard InChI is InChI=1S/C17H19N5O3/c1-25-15-4-2-14(3-5-15)20-17-18-10-13(11-19-17)16(24)22-8-6-21(12-23)7-9-22/h2-5,10-12H,6-9H2,1H3,(H,18,19,20). The highest BCUT2D eigenvalue weighted by Crippen LogP contribution is 2.17. The van der Waals surface area contributed by atoms with Gasteiger partial charge in [-0.2, -0.15) is 0 Å². The Balaban J connectivity index is 1.61. The molecule has 0 spiro atoms. The van der Waals surface area contributed by atoms with E-state index in [1.807, 2.05) is 24.3 Å². The Bertz CT molecular complexity index is 725. The fraction of sp³-hybridized carbons (Fsp3) is 0.294. The summed E-state index contributed by atoms with van der Waals surface area (Å²) in [6.45, 7) is 2.13. The number of hydrogen-bond acceptors (Lipinski definition) is 6. The summed E-state index contributed by atoms with van der Waals surface area (Å²) >= 11 is 0. The molecule has 0 aliphatic carbocycles. The van der Waals surface area contributed by atoms with Crippen molar-refractivity contribution in [2.45, 2.75) is 0 Å². The molecular weight excluding hydrogens is 322 g/mol. The highest BCUT2D eigenvalue weighted by Gasteiger charge is 2.21. The van der Waals surface area contributed by atoms with Gasteiger partial charge >= 0.3 is 0 Å². The molecule has 1 N–H and O–H groups in total. The van der Waals surface area contributed by atoms with Crippen molar-refractivity contribution in [1.29, 1.82) is 0 Å². The number of nitrogens with one attached hydrogen (secondary N) is 1. The van der Waals surface area contributed by atoms with E-state index in [2.05, 4.69) is 15.3 Å². The molecule has 130 valence electrons. The first kappa shape index (κ1) is 16.7. The zero-order valence-corrected chi connectivity index (χ0v) is 13.9. The van der Waals surface area contributed by atoms with E-state index in [0.29, 0.717) is 37.7 Å². The summed E-state index contributed by atoms with van der Waals surface area (Å²) in [4.78, 5) is 34.9. The van der Waals surface area contributed by atoms with Crippen LogP contribution in [0.3, 0.4) is 0 Å². The summed E-state index contributed by atoms with van der Waals surface area (Å²) in [5, 5.41) is 3.07. The van der Waals surface area contributed by atoms with Crippen LogP contribution in [0.4, 0.5) is 11.6 Å². The molecule has 0 atom stereocenters. The van der Waals surface area contributed by atoms with Crippen molar-refractivity contribution < 1.29 is 14.3 Å². The summed E-state index contributed by atoms with van der Waals surface area (Å²) in [6, 6.07) is 7.37. The lowest BCUT2D eigenvalue weighted by Crippen LogP contribution is -2.48. The minimum absolute atomic E-state index is 0.124. The van der Waals surface area contributed by atoms with Crippen LogP contribution in [0.1, 0.15) is 10.4 Å². The Morgan fingerprint density at radius 1 is 1.12 bits per heavy atom. The number of methoxy groups -OCH3 is 1. The second-order valence-electron chi connectivity index (χ2n) is 5.58. The number of rotatable bonds is 5. The van der Waals surface area contributed by atoms with Gasteiger partial charge in [0, 0.05) is 44.3 Å². The first-order valence-electron chi connectivity index (χ1n) is 7.91. The van der Waals surface area contributed by atoms with Crippen LogP contribution >= 0.6 is 0 Å². The largest absolute Gasteiger partial charge is 0.497 e. The van der Waals surface area contributed by atoms with Gasteiger partial charge in [0.2, 0.25) is 12.4 Å². The molecule has 8 nitrogen and oxygen atoms in total. The fourth-order valence-electron chi connectivity index (χ4n) is 2.52. The van der Waals surface area contributed by atoms with E-state index in [4.69, 9.17) is 4.74 Å². The molecule has 3 rings (SSSR count). The molecule has 0 radical (unpaired) electrons. The van der Waals surface area contributed by atoms with E-state index in [-0.39, 0.29) is 5.91 Å². The molecule has 0 bridgehead atoms. The molecule has 25 heavy (non-hydrogen) atoms. The van der Waals surface area contributed by atoms with Crippen molar-refractivity contribution in [2.75, 3.05) is 38.6 Å². The van der Waals surface area contributed by atoms with Gasteiger partial charge in [-0.05, 0) is 24.3 Å². The van der Waals surface area contributed by atoms with Gasteiger partial charge in [-0.3, -0.25) is 9.59 Å². The molecular formula is C17H19N5O3. The molecule has 1 aromatic carbocycles. The van der Waals surface area contributed by atoms with Crippen molar-refractivity contribution in [2.24, 2.45) is 0 Å². The topological polar surface area (TPSA) is 87.7 Å². The normalized spacial score (nSPS) is 14.1. The lowest BCUT2D eigenvalue weighted by Gasteiger charge is -2.32. The first-order valence-corrected chi connectivity index (χ1v) is 7.91. The van der Waals surface area contributed by atoms with E-state index in [1.54, 1.807) is 16.9 Å². The number of anilines is 2. The zero-order valence-electron chi connectivity index (χ0n) is 13.9.